The minimum atomic E-state index is 0.629. The molecule has 0 radical (unpaired) electrons. The van der Waals surface area contributed by atoms with Crippen LogP contribution in [0.4, 0.5) is 0 Å². The summed E-state index contributed by atoms with van der Waals surface area (Å²) < 4.78 is 0. The van der Waals surface area contributed by atoms with E-state index in [0.717, 1.165) is 5.92 Å². The second-order valence-electron chi connectivity index (χ2n) is 7.32. The Morgan fingerprint density at radius 3 is 2.85 bits per heavy atom. The van der Waals surface area contributed by atoms with E-state index in [4.69, 9.17) is 0 Å². The van der Waals surface area contributed by atoms with Crippen LogP contribution in [0, 0.1) is 11.3 Å². The van der Waals surface area contributed by atoms with Gasteiger partial charge in [-0.1, -0.05) is 6.07 Å². The number of hydrogen-bond donors (Lipinski definition) is 0. The van der Waals surface area contributed by atoms with Crippen LogP contribution >= 0.6 is 11.3 Å². The molecule has 0 bridgehead atoms. The number of hydrogen-bond acceptors (Lipinski definition) is 3. The van der Waals surface area contributed by atoms with Gasteiger partial charge in [-0.05, 0) is 68.0 Å². The zero-order chi connectivity index (χ0) is 13.4. The van der Waals surface area contributed by atoms with E-state index in [9.17, 15) is 0 Å². The summed E-state index contributed by atoms with van der Waals surface area (Å²) in [5.74, 6) is 1.05. The van der Waals surface area contributed by atoms with Crippen LogP contribution in [0.5, 0.6) is 0 Å². The van der Waals surface area contributed by atoms with Gasteiger partial charge in [-0.3, -0.25) is 4.90 Å². The quantitative estimate of drug-likeness (QED) is 0.838. The van der Waals surface area contributed by atoms with Crippen LogP contribution < -0.4 is 0 Å². The van der Waals surface area contributed by atoms with E-state index in [-0.39, 0.29) is 0 Å². The Labute approximate surface area is 126 Å². The topological polar surface area (TPSA) is 6.48 Å². The molecule has 1 saturated carbocycles. The lowest BCUT2D eigenvalue weighted by Crippen LogP contribution is -2.45. The Morgan fingerprint density at radius 2 is 2.05 bits per heavy atom. The first-order valence-electron chi connectivity index (χ1n) is 8.29. The van der Waals surface area contributed by atoms with Gasteiger partial charge in [0, 0.05) is 31.1 Å². The molecule has 4 rings (SSSR count). The summed E-state index contributed by atoms with van der Waals surface area (Å²) >= 11 is 1.91. The highest BCUT2D eigenvalue weighted by molar-refractivity contribution is 7.09. The Kier molecular flexibility index (Phi) is 3.61. The molecule has 3 fully saturated rings. The predicted molar refractivity (Wildman–Crippen MR) is 85.0 cm³/mol. The van der Waals surface area contributed by atoms with Crippen molar-refractivity contribution in [2.75, 3.05) is 32.7 Å². The maximum atomic E-state index is 2.79. The van der Waals surface area contributed by atoms with Gasteiger partial charge in [0.05, 0.1) is 0 Å². The fraction of sp³-hybridized carbons (Fsp3) is 0.765. The van der Waals surface area contributed by atoms with Gasteiger partial charge >= 0.3 is 0 Å². The molecule has 2 saturated heterocycles. The SMILES string of the molecule is c1csc(CN2CC[C@@]3(CCCN(CC4CC4)C3)C2)c1. The van der Waals surface area contributed by atoms with Crippen molar-refractivity contribution in [2.24, 2.45) is 11.3 Å². The van der Waals surface area contributed by atoms with Crippen LogP contribution in [-0.4, -0.2) is 42.5 Å². The second kappa shape index (κ2) is 5.43. The molecule has 0 unspecified atom stereocenters. The summed E-state index contributed by atoms with van der Waals surface area (Å²) in [5.41, 5.74) is 0.629. The number of nitrogens with zero attached hydrogens (tertiary/aromatic N) is 2. The van der Waals surface area contributed by atoms with Gasteiger partial charge in [0.25, 0.3) is 0 Å². The largest absolute Gasteiger partial charge is 0.302 e. The number of piperidine rings is 1. The molecular weight excluding hydrogens is 264 g/mol. The van der Waals surface area contributed by atoms with Crippen molar-refractivity contribution in [3.63, 3.8) is 0 Å². The Hall–Kier alpha value is -0.380. The molecule has 1 spiro atoms. The first-order valence-corrected chi connectivity index (χ1v) is 9.16. The zero-order valence-electron chi connectivity index (χ0n) is 12.4. The molecule has 20 heavy (non-hydrogen) atoms. The molecule has 3 heteroatoms. The van der Waals surface area contributed by atoms with Crippen LogP contribution in [0.1, 0.15) is 37.0 Å². The van der Waals surface area contributed by atoms with E-state index in [0.29, 0.717) is 5.41 Å². The highest BCUT2D eigenvalue weighted by atomic mass is 32.1. The molecule has 110 valence electrons. The molecule has 1 aromatic rings. The fourth-order valence-corrected chi connectivity index (χ4v) is 5.00. The zero-order valence-corrected chi connectivity index (χ0v) is 13.2. The Morgan fingerprint density at radius 1 is 1.15 bits per heavy atom. The molecule has 0 aromatic carbocycles. The van der Waals surface area contributed by atoms with Crippen molar-refractivity contribution < 1.29 is 0 Å². The highest BCUT2D eigenvalue weighted by Gasteiger charge is 2.41. The molecule has 1 aliphatic carbocycles. The molecule has 0 amide bonds. The third kappa shape index (κ3) is 2.95. The van der Waals surface area contributed by atoms with Gasteiger partial charge in [-0.25, -0.2) is 0 Å². The maximum absolute atomic E-state index is 2.79. The van der Waals surface area contributed by atoms with Gasteiger partial charge < -0.3 is 4.90 Å². The molecule has 3 heterocycles. The summed E-state index contributed by atoms with van der Waals surface area (Å²) in [5, 5.41) is 2.21. The van der Waals surface area contributed by atoms with Crippen LogP contribution in [0.2, 0.25) is 0 Å². The number of rotatable bonds is 4. The van der Waals surface area contributed by atoms with E-state index in [2.05, 4.69) is 27.3 Å². The van der Waals surface area contributed by atoms with Crippen molar-refractivity contribution in [3.05, 3.63) is 22.4 Å². The molecule has 1 aromatic heterocycles. The van der Waals surface area contributed by atoms with Gasteiger partial charge in [-0.15, -0.1) is 11.3 Å². The minimum absolute atomic E-state index is 0.629. The van der Waals surface area contributed by atoms with E-state index in [1.165, 1.54) is 76.2 Å². The Bertz CT molecular complexity index is 440. The smallest absolute Gasteiger partial charge is 0.0328 e. The standard InChI is InChI=1S/C17H26N2S/c1-3-16(20-10-1)12-19-9-7-17(14-19)6-2-8-18(13-17)11-15-4-5-15/h1,3,10,15H,2,4-9,11-14H2/t17-/m1/s1. The minimum Gasteiger partial charge on any atom is -0.302 e. The van der Waals surface area contributed by atoms with Crippen LogP contribution in [0.3, 0.4) is 0 Å². The molecule has 1 atom stereocenters. The average Bonchev–Trinajstić information content (AvgIpc) is 2.96. The maximum Gasteiger partial charge on any atom is 0.0328 e. The van der Waals surface area contributed by atoms with Crippen molar-refractivity contribution in [1.29, 1.82) is 0 Å². The van der Waals surface area contributed by atoms with E-state index in [1.54, 1.807) is 0 Å². The van der Waals surface area contributed by atoms with E-state index < -0.39 is 0 Å². The van der Waals surface area contributed by atoms with Gasteiger partial charge in [0.15, 0.2) is 0 Å². The lowest BCUT2D eigenvalue weighted by molar-refractivity contribution is 0.0885. The van der Waals surface area contributed by atoms with Crippen LogP contribution in [-0.2, 0) is 6.54 Å². The molecule has 2 aliphatic heterocycles. The Balaban J connectivity index is 1.35. The first kappa shape index (κ1) is 13.3. The molecular formula is C17H26N2S. The lowest BCUT2D eigenvalue weighted by Gasteiger charge is -2.40. The predicted octanol–water partition coefficient (Wildman–Crippen LogP) is 3.45. The van der Waals surface area contributed by atoms with Crippen LogP contribution in [0.25, 0.3) is 0 Å². The summed E-state index contributed by atoms with van der Waals surface area (Å²) in [7, 11) is 0. The van der Waals surface area contributed by atoms with E-state index in [1.807, 2.05) is 11.3 Å². The van der Waals surface area contributed by atoms with Crippen LogP contribution in [0.15, 0.2) is 17.5 Å². The molecule has 3 aliphatic rings. The van der Waals surface area contributed by atoms with Crippen molar-refractivity contribution >= 4 is 11.3 Å². The monoisotopic (exact) mass is 290 g/mol. The molecule has 0 N–H and O–H groups in total. The third-order valence-electron chi connectivity index (χ3n) is 5.43. The normalized spacial score (nSPS) is 32.2. The molecule has 2 nitrogen and oxygen atoms in total. The van der Waals surface area contributed by atoms with Gasteiger partial charge in [-0.2, -0.15) is 0 Å². The number of likely N-dealkylation sites (tertiary alicyclic amines) is 2. The van der Waals surface area contributed by atoms with Crippen molar-refractivity contribution in [3.8, 4) is 0 Å². The van der Waals surface area contributed by atoms with Gasteiger partial charge in [0.2, 0.25) is 0 Å². The van der Waals surface area contributed by atoms with Gasteiger partial charge in [0.1, 0.15) is 0 Å². The van der Waals surface area contributed by atoms with Crippen molar-refractivity contribution in [1.82, 2.24) is 9.80 Å². The second-order valence-corrected chi connectivity index (χ2v) is 8.35. The highest BCUT2D eigenvalue weighted by Crippen LogP contribution is 2.41. The summed E-state index contributed by atoms with van der Waals surface area (Å²) in [6.45, 7) is 7.98. The van der Waals surface area contributed by atoms with Crippen molar-refractivity contribution in [2.45, 2.75) is 38.6 Å². The van der Waals surface area contributed by atoms with E-state index >= 15 is 0 Å². The third-order valence-corrected chi connectivity index (χ3v) is 6.29. The first-order chi connectivity index (χ1) is 9.81. The summed E-state index contributed by atoms with van der Waals surface area (Å²) in [6, 6.07) is 4.47. The average molecular weight is 290 g/mol. The summed E-state index contributed by atoms with van der Waals surface area (Å²) in [6.07, 6.45) is 7.32. The fourth-order valence-electron chi connectivity index (χ4n) is 4.25. The number of thiophene rings is 1. The summed E-state index contributed by atoms with van der Waals surface area (Å²) in [4.78, 5) is 7.02. The lowest BCUT2D eigenvalue weighted by atomic mass is 9.79.